The number of unbranched alkanes of at least 4 members (excludes halogenated alkanes) is 1. The van der Waals surface area contributed by atoms with Crippen LogP contribution in [-0.4, -0.2) is 70.9 Å². The summed E-state index contributed by atoms with van der Waals surface area (Å²) < 4.78 is 0. The zero-order valence-corrected chi connectivity index (χ0v) is 18.9. The lowest BCUT2D eigenvalue weighted by atomic mass is 9.69. The molecule has 4 atom stereocenters. The summed E-state index contributed by atoms with van der Waals surface area (Å²) >= 11 is 0. The molecule has 0 N–H and O–H groups in total. The fraction of sp³-hybridized carbons (Fsp3) is 0.727. The highest BCUT2D eigenvalue weighted by Gasteiger charge is 2.53. The number of rotatable bonds is 6. The Bertz CT molecular complexity index is 697. The molecule has 0 bridgehead atoms. The van der Waals surface area contributed by atoms with Gasteiger partial charge in [0, 0.05) is 45.1 Å². The molecule has 166 valence electrons. The molecule has 3 heterocycles. The Morgan fingerprint density at radius 2 is 1.40 bits per heavy atom. The number of imide groups is 1. The molecule has 0 radical (unpaired) electrons. The van der Waals surface area contributed by atoms with Crippen LogP contribution in [0, 0.1) is 23.7 Å². The van der Waals surface area contributed by atoms with Gasteiger partial charge in [-0.2, -0.15) is 0 Å². The lowest BCUT2D eigenvalue weighted by molar-refractivity contribution is -0.140. The fourth-order valence-electron chi connectivity index (χ4n) is 5.31. The van der Waals surface area contributed by atoms with Crippen LogP contribution in [0.2, 0.25) is 0 Å². The number of likely N-dealkylation sites (tertiary alicyclic amines) is 1. The number of hydrogen-bond acceptors (Lipinski definition) is 6. The molecule has 4 rings (SSSR count). The predicted octanol–water partition coefficient (Wildman–Crippen LogP) is 2.47. The van der Waals surface area contributed by atoms with Crippen LogP contribution in [0.15, 0.2) is 18.5 Å². The van der Waals surface area contributed by atoms with Crippen molar-refractivity contribution < 1.29 is 9.59 Å². The molecule has 1 aromatic heterocycles. The first kappa shape index (κ1) is 22.9. The first-order valence-electron chi connectivity index (χ1n) is 11.2. The molecule has 1 saturated carbocycles. The van der Waals surface area contributed by atoms with Crippen LogP contribution in [0.3, 0.4) is 0 Å². The van der Waals surface area contributed by atoms with Gasteiger partial charge in [-0.1, -0.05) is 13.8 Å². The standard InChI is InChI=1S/C22H33N5O2.ClH/c1-16-6-7-17(2)19-18(16)20(28)27(21(19)29)11-4-3-10-25-12-14-26(15-13-25)22-23-8-5-9-24-22;/h5,8-9,16-19H,3-4,6-7,10-15H2,1-2H3;1H. The second-order valence-corrected chi connectivity index (χ2v) is 9.00. The SMILES string of the molecule is CC1CCC(C)C2C(=O)N(CCCCN3CCN(c4ncccn4)CC3)C(=O)C12.Cl. The average Bonchev–Trinajstić information content (AvgIpc) is 3.00. The van der Waals surface area contributed by atoms with Gasteiger partial charge < -0.3 is 4.90 Å². The number of carbonyl (C=O) groups is 2. The third-order valence-electron chi connectivity index (χ3n) is 7.11. The van der Waals surface area contributed by atoms with E-state index in [9.17, 15) is 9.59 Å². The summed E-state index contributed by atoms with van der Waals surface area (Å²) in [5, 5.41) is 0. The molecule has 7 nitrogen and oxygen atoms in total. The predicted molar refractivity (Wildman–Crippen MR) is 118 cm³/mol. The summed E-state index contributed by atoms with van der Waals surface area (Å²) in [5.74, 6) is 1.53. The number of piperazine rings is 1. The number of amides is 2. The van der Waals surface area contributed by atoms with E-state index in [2.05, 4.69) is 33.6 Å². The van der Waals surface area contributed by atoms with Gasteiger partial charge in [-0.15, -0.1) is 12.4 Å². The van der Waals surface area contributed by atoms with E-state index in [1.165, 1.54) is 0 Å². The van der Waals surface area contributed by atoms with Crippen LogP contribution >= 0.6 is 12.4 Å². The molecule has 8 heteroatoms. The molecule has 1 aromatic rings. The van der Waals surface area contributed by atoms with Crippen LogP contribution in [0.4, 0.5) is 5.95 Å². The van der Waals surface area contributed by atoms with Crippen LogP contribution in [-0.2, 0) is 9.59 Å². The highest BCUT2D eigenvalue weighted by Crippen LogP contribution is 2.44. The van der Waals surface area contributed by atoms with Crippen molar-refractivity contribution in [2.75, 3.05) is 44.2 Å². The molecular weight excluding hydrogens is 402 g/mol. The molecule has 1 aliphatic carbocycles. The summed E-state index contributed by atoms with van der Waals surface area (Å²) in [6.45, 7) is 9.74. The topological polar surface area (TPSA) is 69.6 Å². The molecule has 2 saturated heterocycles. The second kappa shape index (κ2) is 10.1. The number of carbonyl (C=O) groups excluding carboxylic acids is 2. The van der Waals surface area contributed by atoms with Gasteiger partial charge >= 0.3 is 0 Å². The highest BCUT2D eigenvalue weighted by molar-refractivity contribution is 6.05. The monoisotopic (exact) mass is 435 g/mol. The van der Waals surface area contributed by atoms with E-state index in [1.807, 2.05) is 6.07 Å². The van der Waals surface area contributed by atoms with Crippen LogP contribution in [0.5, 0.6) is 0 Å². The van der Waals surface area contributed by atoms with Crippen LogP contribution < -0.4 is 4.90 Å². The summed E-state index contributed by atoms with van der Waals surface area (Å²) in [5.41, 5.74) is 0. The Labute approximate surface area is 185 Å². The molecule has 30 heavy (non-hydrogen) atoms. The van der Waals surface area contributed by atoms with Crippen molar-refractivity contribution in [3.05, 3.63) is 18.5 Å². The van der Waals surface area contributed by atoms with Crippen molar-refractivity contribution in [2.24, 2.45) is 23.7 Å². The Balaban J connectivity index is 0.00000256. The Kier molecular flexibility index (Phi) is 7.69. The second-order valence-electron chi connectivity index (χ2n) is 9.00. The molecule has 3 aliphatic rings. The van der Waals surface area contributed by atoms with Gasteiger partial charge in [0.05, 0.1) is 11.8 Å². The quantitative estimate of drug-likeness (QED) is 0.505. The minimum absolute atomic E-state index is 0. The van der Waals surface area contributed by atoms with E-state index in [0.717, 1.165) is 64.4 Å². The third-order valence-corrected chi connectivity index (χ3v) is 7.11. The molecule has 2 aliphatic heterocycles. The number of anilines is 1. The maximum atomic E-state index is 12.9. The number of nitrogens with zero attached hydrogens (tertiary/aromatic N) is 5. The maximum absolute atomic E-state index is 12.9. The summed E-state index contributed by atoms with van der Waals surface area (Å²) in [4.78, 5) is 40.6. The van der Waals surface area contributed by atoms with Gasteiger partial charge in [0.2, 0.25) is 17.8 Å². The summed E-state index contributed by atoms with van der Waals surface area (Å²) in [7, 11) is 0. The largest absolute Gasteiger partial charge is 0.338 e. The lowest BCUT2D eigenvalue weighted by Crippen LogP contribution is -2.47. The van der Waals surface area contributed by atoms with E-state index in [-0.39, 0.29) is 36.1 Å². The van der Waals surface area contributed by atoms with Gasteiger partial charge in [0.15, 0.2) is 0 Å². The van der Waals surface area contributed by atoms with E-state index in [0.29, 0.717) is 18.4 Å². The molecule has 3 fully saturated rings. The van der Waals surface area contributed by atoms with Crippen molar-refractivity contribution in [3.63, 3.8) is 0 Å². The van der Waals surface area contributed by atoms with Gasteiger partial charge in [-0.3, -0.25) is 19.4 Å². The van der Waals surface area contributed by atoms with E-state index >= 15 is 0 Å². The Hall–Kier alpha value is -1.73. The van der Waals surface area contributed by atoms with E-state index < -0.39 is 0 Å². The molecule has 0 spiro atoms. The number of fused-ring (bicyclic) bond motifs is 1. The van der Waals surface area contributed by atoms with Gasteiger partial charge in [0.1, 0.15) is 0 Å². The van der Waals surface area contributed by atoms with Crippen LogP contribution in [0.1, 0.15) is 39.5 Å². The van der Waals surface area contributed by atoms with Gasteiger partial charge in [-0.25, -0.2) is 9.97 Å². The summed E-state index contributed by atoms with van der Waals surface area (Å²) in [6, 6.07) is 1.84. The zero-order chi connectivity index (χ0) is 20.4. The minimum Gasteiger partial charge on any atom is -0.338 e. The Morgan fingerprint density at radius 1 is 0.867 bits per heavy atom. The minimum atomic E-state index is -0.0699. The number of aromatic nitrogens is 2. The Morgan fingerprint density at radius 3 is 1.97 bits per heavy atom. The molecule has 4 unspecified atom stereocenters. The smallest absolute Gasteiger partial charge is 0.233 e. The average molecular weight is 436 g/mol. The number of hydrogen-bond donors (Lipinski definition) is 0. The first-order valence-corrected chi connectivity index (χ1v) is 11.2. The van der Waals surface area contributed by atoms with Gasteiger partial charge in [-0.05, 0) is 50.1 Å². The molecule has 0 aromatic carbocycles. The van der Waals surface area contributed by atoms with Gasteiger partial charge in [0.25, 0.3) is 0 Å². The van der Waals surface area contributed by atoms with Crippen molar-refractivity contribution in [3.8, 4) is 0 Å². The van der Waals surface area contributed by atoms with Crippen molar-refractivity contribution >= 4 is 30.2 Å². The normalized spacial score (nSPS) is 29.7. The maximum Gasteiger partial charge on any atom is 0.233 e. The van der Waals surface area contributed by atoms with E-state index in [4.69, 9.17) is 0 Å². The fourth-order valence-corrected chi connectivity index (χ4v) is 5.31. The molecule has 2 amide bonds. The molecular formula is C22H34ClN5O2. The van der Waals surface area contributed by atoms with E-state index in [1.54, 1.807) is 17.3 Å². The highest BCUT2D eigenvalue weighted by atomic mass is 35.5. The van der Waals surface area contributed by atoms with Crippen molar-refractivity contribution in [2.45, 2.75) is 39.5 Å². The number of halogens is 1. The third kappa shape index (κ3) is 4.62. The first-order chi connectivity index (χ1) is 14.1. The zero-order valence-electron chi connectivity index (χ0n) is 18.1. The lowest BCUT2D eigenvalue weighted by Gasteiger charge is -2.34. The van der Waals surface area contributed by atoms with Crippen LogP contribution in [0.25, 0.3) is 0 Å². The summed E-state index contributed by atoms with van der Waals surface area (Å²) in [6.07, 6.45) is 7.60. The van der Waals surface area contributed by atoms with Crippen molar-refractivity contribution in [1.29, 1.82) is 0 Å². The van der Waals surface area contributed by atoms with Crippen molar-refractivity contribution in [1.82, 2.24) is 19.8 Å².